The number of fused-ring (bicyclic) bond motifs is 1. The molecule has 10 heteroatoms. The smallest absolute Gasteiger partial charge is 0.249 e. The molecule has 2 aromatic carbocycles. The van der Waals surface area contributed by atoms with Crippen molar-refractivity contribution in [3.05, 3.63) is 81.7 Å². The number of aliphatic hydroxyl groups excluding tert-OH is 2. The Morgan fingerprint density at radius 1 is 1.26 bits per heavy atom. The molecular weight excluding hydrogens is 530 g/mol. The molecule has 1 fully saturated rings. The molecule has 1 amide bonds. The minimum Gasteiger partial charge on any atom is -0.480 e. The summed E-state index contributed by atoms with van der Waals surface area (Å²) in [7, 11) is 0. The Labute approximate surface area is 230 Å². The Morgan fingerprint density at radius 2 is 2.00 bits per heavy atom. The van der Waals surface area contributed by atoms with Gasteiger partial charge in [0.15, 0.2) is 11.8 Å². The van der Waals surface area contributed by atoms with Crippen molar-refractivity contribution in [2.24, 2.45) is 11.7 Å². The highest BCUT2D eigenvalue weighted by Gasteiger charge is 2.46. The first-order valence-corrected chi connectivity index (χ1v) is 13.3. The van der Waals surface area contributed by atoms with Crippen LogP contribution in [0.5, 0.6) is 5.75 Å². The van der Waals surface area contributed by atoms with Crippen LogP contribution >= 0.6 is 11.6 Å². The van der Waals surface area contributed by atoms with Gasteiger partial charge in [-0.1, -0.05) is 54.1 Å². The van der Waals surface area contributed by atoms with E-state index in [0.717, 1.165) is 18.4 Å². The quantitative estimate of drug-likeness (QED) is 0.355. The largest absolute Gasteiger partial charge is 0.480 e. The molecule has 1 aliphatic heterocycles. The predicted octanol–water partition coefficient (Wildman–Crippen LogP) is 3.19. The number of carbonyl (C=O) groups is 1. The first-order chi connectivity index (χ1) is 18.8. The van der Waals surface area contributed by atoms with Crippen LogP contribution in [-0.2, 0) is 21.6 Å². The number of benzene rings is 2. The van der Waals surface area contributed by atoms with Crippen molar-refractivity contribution >= 4 is 23.1 Å². The van der Waals surface area contributed by atoms with E-state index in [1.807, 2.05) is 30.3 Å². The maximum Gasteiger partial charge on any atom is 0.249 e. The van der Waals surface area contributed by atoms with Gasteiger partial charge in [0.1, 0.15) is 17.7 Å². The third-order valence-corrected chi connectivity index (χ3v) is 8.14. The van der Waals surface area contributed by atoms with E-state index in [0.29, 0.717) is 12.1 Å². The van der Waals surface area contributed by atoms with Gasteiger partial charge in [-0.3, -0.25) is 4.79 Å². The molecule has 2 aromatic rings. The Balaban J connectivity index is 1.58. The van der Waals surface area contributed by atoms with E-state index in [9.17, 15) is 9.90 Å². The van der Waals surface area contributed by atoms with E-state index in [2.05, 4.69) is 5.32 Å². The van der Waals surface area contributed by atoms with Gasteiger partial charge in [-0.2, -0.15) is 0 Å². The first kappa shape index (κ1) is 27.7. The summed E-state index contributed by atoms with van der Waals surface area (Å²) in [4.78, 5) is 12.4. The molecule has 0 saturated heterocycles. The van der Waals surface area contributed by atoms with Crippen molar-refractivity contribution in [3.63, 3.8) is 0 Å². The lowest BCUT2D eigenvalue weighted by atomic mass is 9.79. The van der Waals surface area contributed by atoms with Crippen LogP contribution in [0, 0.1) is 11.7 Å². The molecule has 2 unspecified atom stereocenters. The number of amides is 1. The van der Waals surface area contributed by atoms with Gasteiger partial charge in [0.2, 0.25) is 5.91 Å². The van der Waals surface area contributed by atoms with Gasteiger partial charge in [-0.25, -0.2) is 8.78 Å². The lowest BCUT2D eigenvalue weighted by molar-refractivity contribution is -0.114. The molecule has 5 N–H and O–H groups in total. The van der Waals surface area contributed by atoms with Crippen LogP contribution < -0.4 is 15.8 Å². The molecule has 0 radical (unpaired) electrons. The molecule has 0 spiro atoms. The normalized spacial score (nSPS) is 27.7. The second-order valence-corrected chi connectivity index (χ2v) is 10.7. The van der Waals surface area contributed by atoms with Crippen LogP contribution in [0.1, 0.15) is 29.5 Å². The molecule has 5 rings (SSSR count). The van der Waals surface area contributed by atoms with Crippen molar-refractivity contribution in [2.75, 3.05) is 26.4 Å². The van der Waals surface area contributed by atoms with E-state index in [1.165, 1.54) is 18.2 Å². The molecular formula is C29H31ClF2N2O5. The fraction of sp³-hybridized carbons (Fsp3) is 0.414. The fourth-order valence-corrected chi connectivity index (χ4v) is 5.96. The van der Waals surface area contributed by atoms with Gasteiger partial charge in [-0.05, 0) is 24.3 Å². The van der Waals surface area contributed by atoms with Gasteiger partial charge in [0.05, 0.1) is 18.2 Å². The van der Waals surface area contributed by atoms with E-state index in [1.54, 1.807) is 0 Å². The van der Waals surface area contributed by atoms with Crippen LogP contribution in [0.2, 0.25) is 5.02 Å². The van der Waals surface area contributed by atoms with Crippen LogP contribution in [0.25, 0.3) is 5.57 Å². The highest BCUT2D eigenvalue weighted by atomic mass is 35.5. The van der Waals surface area contributed by atoms with Crippen molar-refractivity contribution in [2.45, 2.75) is 43.2 Å². The summed E-state index contributed by atoms with van der Waals surface area (Å²) in [6, 6.07) is 10.8. The Hall–Kier alpha value is -2.82. The predicted molar refractivity (Wildman–Crippen MR) is 142 cm³/mol. The molecule has 3 aliphatic rings. The van der Waals surface area contributed by atoms with E-state index < -0.39 is 29.6 Å². The number of alkyl halides is 1. The number of ether oxygens (including phenoxy) is 2. The molecule has 39 heavy (non-hydrogen) atoms. The number of hydrogen-bond acceptors (Lipinski definition) is 6. The number of halogens is 3. The van der Waals surface area contributed by atoms with Crippen LogP contribution in [0.3, 0.4) is 0 Å². The number of nitrogens with two attached hydrogens (primary N) is 1. The Kier molecular flexibility index (Phi) is 8.07. The maximum atomic E-state index is 16.0. The second-order valence-electron chi connectivity index (χ2n) is 10.3. The zero-order valence-corrected chi connectivity index (χ0v) is 22.0. The average Bonchev–Trinajstić information content (AvgIpc) is 3.27. The van der Waals surface area contributed by atoms with E-state index in [-0.39, 0.29) is 65.7 Å². The molecule has 0 bridgehead atoms. The monoisotopic (exact) mass is 560 g/mol. The molecule has 1 heterocycles. The molecule has 0 aromatic heterocycles. The van der Waals surface area contributed by atoms with Crippen molar-refractivity contribution in [1.29, 1.82) is 0 Å². The summed E-state index contributed by atoms with van der Waals surface area (Å²) < 4.78 is 43.2. The van der Waals surface area contributed by atoms with Crippen LogP contribution in [0.15, 0.2) is 54.1 Å². The number of carbonyl (C=O) groups excluding carboxylic acids is 1. The van der Waals surface area contributed by atoms with E-state index in [4.69, 9.17) is 31.9 Å². The standard InChI is InChI=1S/C29H31ClF2N2O5/c30-26-21(31)12-23-20(24(26)25-19(28(33)37)6-7-22(27(25)32)38-9-8-35)13-29(39-23,17-4-2-1-3-5-17)15-34-18-10-16(11-18)14-36/h1-7,12,16,18,22,27,34-36H,8-11,13-15H2,(H2,33,37)/t16-,18+,22?,27?,29-/m1/s1. The molecule has 2 aliphatic carbocycles. The summed E-state index contributed by atoms with van der Waals surface area (Å²) in [6.45, 7) is 0.0591. The van der Waals surface area contributed by atoms with Gasteiger partial charge in [0.25, 0.3) is 0 Å². The zero-order chi connectivity index (χ0) is 27.7. The summed E-state index contributed by atoms with van der Waals surface area (Å²) in [6.07, 6.45) is 1.55. The second kappa shape index (κ2) is 11.3. The number of aliphatic hydroxyl groups is 2. The highest BCUT2D eigenvalue weighted by Crippen LogP contribution is 2.50. The molecule has 3 atom stereocenters. The minimum atomic E-state index is -1.90. The van der Waals surface area contributed by atoms with Crippen LogP contribution in [-0.4, -0.2) is 60.8 Å². The minimum absolute atomic E-state index is 0.0247. The zero-order valence-electron chi connectivity index (χ0n) is 21.2. The van der Waals surface area contributed by atoms with Crippen molar-refractivity contribution in [1.82, 2.24) is 5.32 Å². The number of rotatable bonds is 10. The lowest BCUT2D eigenvalue weighted by Crippen LogP contribution is -2.50. The lowest BCUT2D eigenvalue weighted by Gasteiger charge is -2.38. The third kappa shape index (κ3) is 5.21. The average molecular weight is 561 g/mol. The molecule has 208 valence electrons. The van der Waals surface area contributed by atoms with Crippen molar-refractivity contribution in [3.8, 4) is 5.75 Å². The SMILES string of the molecule is NC(=O)C1=C(c2c(Cl)c(F)cc3c2C[C@@](CN[C@H]2C[C@@H](CO)C2)(c2ccccc2)O3)C(F)C(OCCO)C=C1. The van der Waals surface area contributed by atoms with Crippen molar-refractivity contribution < 1.29 is 33.3 Å². The van der Waals surface area contributed by atoms with Crippen LogP contribution in [0.4, 0.5) is 8.78 Å². The van der Waals surface area contributed by atoms with Gasteiger partial charge >= 0.3 is 0 Å². The molecule has 7 nitrogen and oxygen atoms in total. The maximum absolute atomic E-state index is 16.0. The fourth-order valence-electron chi connectivity index (χ4n) is 5.69. The Morgan fingerprint density at radius 3 is 2.67 bits per heavy atom. The summed E-state index contributed by atoms with van der Waals surface area (Å²) in [5.74, 6) is -1.25. The topological polar surface area (TPSA) is 114 Å². The third-order valence-electron chi connectivity index (χ3n) is 7.77. The number of nitrogens with one attached hydrogen (secondary N) is 1. The van der Waals surface area contributed by atoms with Gasteiger partial charge in [-0.15, -0.1) is 0 Å². The summed E-state index contributed by atoms with van der Waals surface area (Å²) in [5, 5.41) is 21.7. The first-order valence-electron chi connectivity index (χ1n) is 13.0. The summed E-state index contributed by atoms with van der Waals surface area (Å²) >= 11 is 6.50. The Bertz CT molecular complexity index is 1300. The van der Waals surface area contributed by atoms with Gasteiger partial charge < -0.3 is 30.7 Å². The number of hydrogen-bond donors (Lipinski definition) is 4. The van der Waals surface area contributed by atoms with Gasteiger partial charge in [0, 0.05) is 54.0 Å². The highest BCUT2D eigenvalue weighted by molar-refractivity contribution is 6.33. The number of primary amides is 1. The summed E-state index contributed by atoms with van der Waals surface area (Å²) in [5.41, 5.74) is 5.67. The molecule has 1 saturated carbocycles. The van der Waals surface area contributed by atoms with E-state index >= 15 is 8.78 Å².